The predicted octanol–water partition coefficient (Wildman–Crippen LogP) is 0.528. The van der Waals surface area contributed by atoms with E-state index in [2.05, 4.69) is 20.5 Å². The van der Waals surface area contributed by atoms with E-state index in [9.17, 15) is 8.78 Å². The molecule has 0 radical (unpaired) electrons. The van der Waals surface area contributed by atoms with E-state index in [1.807, 2.05) is 0 Å². The van der Waals surface area contributed by atoms with Crippen molar-refractivity contribution in [1.29, 1.82) is 0 Å². The van der Waals surface area contributed by atoms with Gasteiger partial charge in [0.15, 0.2) is 0 Å². The molecule has 84 valence electrons. The number of aliphatic hydroxyl groups excluding tert-OH is 1. The van der Waals surface area contributed by atoms with Gasteiger partial charge in [-0.3, -0.25) is 0 Å². The maximum Gasteiger partial charge on any atom is 0.287 e. The summed E-state index contributed by atoms with van der Waals surface area (Å²) in [7, 11) is 0. The normalized spacial score (nSPS) is 11.5. The Kier molecular flexibility index (Phi) is 3.46. The first-order chi connectivity index (χ1) is 6.94. The van der Waals surface area contributed by atoms with Crippen LogP contribution in [0.4, 0.5) is 14.7 Å². The molecule has 0 fully saturated rings. The van der Waals surface area contributed by atoms with E-state index in [0.29, 0.717) is 11.4 Å². The Morgan fingerprint density at radius 1 is 1.27 bits per heavy atom. The molecule has 0 saturated heterocycles. The lowest BCUT2D eigenvalue weighted by atomic mass is 10.3. The van der Waals surface area contributed by atoms with Crippen molar-refractivity contribution in [3.05, 3.63) is 11.4 Å². The minimum Gasteiger partial charge on any atom is -0.390 e. The van der Waals surface area contributed by atoms with Crippen molar-refractivity contribution in [2.75, 3.05) is 18.5 Å². The van der Waals surface area contributed by atoms with Crippen molar-refractivity contribution >= 4 is 5.95 Å². The van der Waals surface area contributed by atoms with Crippen LogP contribution < -0.4 is 5.32 Å². The fraction of sp³-hybridized carbons (Fsp3) is 0.625. The molecule has 1 aromatic rings. The molecule has 2 N–H and O–H groups in total. The van der Waals surface area contributed by atoms with Crippen molar-refractivity contribution in [2.45, 2.75) is 19.8 Å². The summed E-state index contributed by atoms with van der Waals surface area (Å²) in [5, 5.41) is 17.9. The highest BCUT2D eigenvalue weighted by molar-refractivity contribution is 5.25. The highest BCUT2D eigenvalue weighted by Gasteiger charge is 2.27. The fourth-order valence-corrected chi connectivity index (χ4v) is 0.796. The standard InChI is InChI=1S/C8H12F2N4O/c1-5-6(2)13-14-7(12-5)11-3-8(9,10)4-15/h15H,3-4H2,1-2H3,(H,11,12,14). The molecular formula is C8H12F2N4O. The van der Waals surface area contributed by atoms with E-state index in [4.69, 9.17) is 5.11 Å². The largest absolute Gasteiger partial charge is 0.390 e. The number of nitrogens with one attached hydrogen (secondary N) is 1. The average molecular weight is 218 g/mol. The molecule has 0 atom stereocenters. The SMILES string of the molecule is Cc1nnc(NCC(F)(F)CO)nc1C. The molecule has 1 heterocycles. The summed E-state index contributed by atoms with van der Waals surface area (Å²) in [5.41, 5.74) is 1.27. The van der Waals surface area contributed by atoms with Crippen LogP contribution in [0.1, 0.15) is 11.4 Å². The topological polar surface area (TPSA) is 70.9 Å². The Bertz CT molecular complexity index is 345. The monoisotopic (exact) mass is 218 g/mol. The van der Waals surface area contributed by atoms with Gasteiger partial charge in [-0.25, -0.2) is 13.8 Å². The number of aliphatic hydroxyl groups is 1. The maximum absolute atomic E-state index is 12.6. The molecule has 0 aliphatic carbocycles. The molecule has 0 aliphatic rings. The average Bonchev–Trinajstić information content (AvgIpc) is 2.20. The predicted molar refractivity (Wildman–Crippen MR) is 49.8 cm³/mol. The minimum atomic E-state index is -3.18. The van der Waals surface area contributed by atoms with Crippen LogP contribution in [0.2, 0.25) is 0 Å². The molecule has 0 unspecified atom stereocenters. The van der Waals surface area contributed by atoms with Crippen molar-refractivity contribution in [1.82, 2.24) is 15.2 Å². The molecule has 0 saturated carbocycles. The van der Waals surface area contributed by atoms with Gasteiger partial charge in [0.2, 0.25) is 5.95 Å². The van der Waals surface area contributed by atoms with Crippen molar-refractivity contribution in [3.8, 4) is 0 Å². The number of hydrogen-bond acceptors (Lipinski definition) is 5. The summed E-state index contributed by atoms with van der Waals surface area (Å²) in [6, 6.07) is 0. The Morgan fingerprint density at radius 2 is 1.93 bits per heavy atom. The summed E-state index contributed by atoms with van der Waals surface area (Å²) >= 11 is 0. The van der Waals surface area contributed by atoms with Crippen molar-refractivity contribution in [2.24, 2.45) is 0 Å². The minimum absolute atomic E-state index is 0.0335. The van der Waals surface area contributed by atoms with Gasteiger partial charge in [-0.15, -0.1) is 5.10 Å². The van der Waals surface area contributed by atoms with Crippen LogP contribution in [0, 0.1) is 13.8 Å². The molecule has 15 heavy (non-hydrogen) atoms. The molecule has 5 nitrogen and oxygen atoms in total. The molecule has 7 heteroatoms. The zero-order chi connectivity index (χ0) is 11.5. The maximum atomic E-state index is 12.6. The van der Waals surface area contributed by atoms with Crippen molar-refractivity contribution < 1.29 is 13.9 Å². The Balaban J connectivity index is 2.62. The summed E-state index contributed by atoms with van der Waals surface area (Å²) in [6.45, 7) is 1.51. The van der Waals surface area contributed by atoms with E-state index in [-0.39, 0.29) is 5.95 Å². The number of alkyl halides is 2. The van der Waals surface area contributed by atoms with Gasteiger partial charge >= 0.3 is 0 Å². The van der Waals surface area contributed by atoms with Crippen LogP contribution in [-0.4, -0.2) is 39.4 Å². The Hall–Kier alpha value is -1.37. The first-order valence-electron chi connectivity index (χ1n) is 4.35. The lowest BCUT2D eigenvalue weighted by Gasteiger charge is -2.13. The van der Waals surface area contributed by atoms with E-state index in [1.165, 1.54) is 0 Å². The zero-order valence-electron chi connectivity index (χ0n) is 8.46. The van der Waals surface area contributed by atoms with Gasteiger partial charge < -0.3 is 10.4 Å². The van der Waals surface area contributed by atoms with Crippen LogP contribution in [0.25, 0.3) is 0 Å². The second kappa shape index (κ2) is 4.43. The van der Waals surface area contributed by atoms with E-state index >= 15 is 0 Å². The zero-order valence-corrected chi connectivity index (χ0v) is 8.46. The highest BCUT2D eigenvalue weighted by atomic mass is 19.3. The molecule has 0 spiro atoms. The van der Waals surface area contributed by atoms with Crippen LogP contribution >= 0.6 is 0 Å². The number of aromatic nitrogens is 3. The second-order valence-corrected chi connectivity index (χ2v) is 3.17. The Morgan fingerprint density at radius 3 is 2.47 bits per heavy atom. The molecule has 0 bridgehead atoms. The number of hydrogen-bond donors (Lipinski definition) is 2. The molecule has 0 amide bonds. The summed E-state index contributed by atoms with van der Waals surface area (Å²) in [4.78, 5) is 3.91. The first-order valence-corrected chi connectivity index (χ1v) is 4.35. The summed E-state index contributed by atoms with van der Waals surface area (Å²) in [5.74, 6) is -3.14. The molecular weight excluding hydrogens is 206 g/mol. The van der Waals surface area contributed by atoms with Crippen LogP contribution in [0.3, 0.4) is 0 Å². The third-order valence-corrected chi connectivity index (χ3v) is 1.83. The molecule has 1 rings (SSSR count). The van der Waals surface area contributed by atoms with Crippen LogP contribution in [-0.2, 0) is 0 Å². The van der Waals surface area contributed by atoms with Crippen LogP contribution in [0.15, 0.2) is 0 Å². The second-order valence-electron chi connectivity index (χ2n) is 3.17. The quantitative estimate of drug-likeness (QED) is 0.771. The van der Waals surface area contributed by atoms with Gasteiger partial charge in [-0.2, -0.15) is 5.10 Å². The van der Waals surface area contributed by atoms with Gasteiger partial charge in [0.05, 0.1) is 17.9 Å². The number of anilines is 1. The van der Waals surface area contributed by atoms with Crippen molar-refractivity contribution in [3.63, 3.8) is 0 Å². The lowest BCUT2D eigenvalue weighted by molar-refractivity contribution is -0.0374. The summed E-state index contributed by atoms with van der Waals surface area (Å²) in [6.07, 6.45) is 0. The summed E-state index contributed by atoms with van der Waals surface area (Å²) < 4.78 is 25.3. The van der Waals surface area contributed by atoms with Crippen LogP contribution in [0.5, 0.6) is 0 Å². The lowest BCUT2D eigenvalue weighted by Crippen LogP contribution is -2.31. The number of halogens is 2. The number of nitrogens with zero attached hydrogens (tertiary/aromatic N) is 3. The third kappa shape index (κ3) is 3.35. The highest BCUT2D eigenvalue weighted by Crippen LogP contribution is 2.12. The molecule has 0 aliphatic heterocycles. The first kappa shape index (κ1) is 11.7. The molecule has 1 aromatic heterocycles. The van der Waals surface area contributed by atoms with Gasteiger partial charge in [-0.1, -0.05) is 0 Å². The van der Waals surface area contributed by atoms with E-state index in [0.717, 1.165) is 0 Å². The number of aryl methyl sites for hydroxylation is 2. The smallest absolute Gasteiger partial charge is 0.287 e. The van der Waals surface area contributed by atoms with Gasteiger partial charge in [0.25, 0.3) is 5.92 Å². The van der Waals surface area contributed by atoms with Gasteiger partial charge in [0.1, 0.15) is 6.61 Å². The third-order valence-electron chi connectivity index (χ3n) is 1.83. The van der Waals surface area contributed by atoms with E-state index in [1.54, 1.807) is 13.8 Å². The van der Waals surface area contributed by atoms with Gasteiger partial charge in [-0.05, 0) is 13.8 Å². The number of rotatable bonds is 4. The Labute approximate surface area is 85.6 Å². The van der Waals surface area contributed by atoms with E-state index < -0.39 is 19.1 Å². The fourth-order valence-electron chi connectivity index (χ4n) is 0.796. The van der Waals surface area contributed by atoms with Gasteiger partial charge in [0, 0.05) is 0 Å². The molecule has 0 aromatic carbocycles.